The quantitative estimate of drug-likeness (QED) is 0.373. The molecule has 0 radical (unpaired) electrons. The van der Waals surface area contributed by atoms with Crippen LogP contribution in [-0.4, -0.2) is 35.5 Å². The fourth-order valence-corrected chi connectivity index (χ4v) is 5.25. The second-order valence-electron chi connectivity index (χ2n) is 10.5. The Kier molecular flexibility index (Phi) is 7.93. The summed E-state index contributed by atoms with van der Waals surface area (Å²) < 4.78 is 0. The van der Waals surface area contributed by atoms with E-state index in [0.717, 1.165) is 22.5 Å². The van der Waals surface area contributed by atoms with Gasteiger partial charge in [-0.3, -0.25) is 14.4 Å². The van der Waals surface area contributed by atoms with Crippen molar-refractivity contribution in [1.82, 2.24) is 0 Å². The first kappa shape index (κ1) is 27.4. The zero-order valence-electron chi connectivity index (χ0n) is 22.1. The van der Waals surface area contributed by atoms with Gasteiger partial charge in [0.2, 0.25) is 5.91 Å². The summed E-state index contributed by atoms with van der Waals surface area (Å²) in [5, 5.41) is 10.0. The van der Waals surface area contributed by atoms with Crippen LogP contribution >= 0.6 is 11.6 Å². The topological polar surface area (TPSA) is 77.9 Å². The molecule has 0 aromatic heterocycles. The summed E-state index contributed by atoms with van der Waals surface area (Å²) in [7, 11) is 0. The molecule has 3 aromatic rings. The number of fused-ring (bicyclic) bond motifs is 1. The van der Waals surface area contributed by atoms with Crippen molar-refractivity contribution in [3.05, 3.63) is 94.5 Å². The number of nitrogens with zero attached hydrogens (tertiary/aromatic N) is 2. The highest BCUT2D eigenvalue weighted by molar-refractivity contribution is 6.30. The molecule has 7 heteroatoms. The van der Waals surface area contributed by atoms with Crippen molar-refractivity contribution in [3.63, 3.8) is 0 Å². The first-order chi connectivity index (χ1) is 18.0. The standard InChI is InChI=1S/C31H33ClN2O4/c1-5-33(24-16-14-23(32)15-17-24)29(36)26-18-20(2)34(27-9-7-6-8-25(26)27)28(35)22-12-10-21(11-13-22)19-31(3,4)30(37)38/h6-17,20,26H,5,18-19H2,1-4H3,(H,37,38)/t20-,26-/m0/s1. The number of carbonyl (C=O) groups excluding carboxylic acids is 2. The summed E-state index contributed by atoms with van der Waals surface area (Å²) in [5.74, 6) is -1.41. The first-order valence-electron chi connectivity index (χ1n) is 12.8. The third kappa shape index (κ3) is 5.46. The molecule has 1 aliphatic rings. The molecule has 198 valence electrons. The van der Waals surface area contributed by atoms with E-state index in [0.29, 0.717) is 30.0 Å². The summed E-state index contributed by atoms with van der Waals surface area (Å²) in [6.07, 6.45) is 0.863. The van der Waals surface area contributed by atoms with Crippen molar-refractivity contribution in [2.45, 2.75) is 52.5 Å². The van der Waals surface area contributed by atoms with E-state index < -0.39 is 11.4 Å². The molecule has 0 fully saturated rings. The highest BCUT2D eigenvalue weighted by atomic mass is 35.5. The van der Waals surface area contributed by atoms with Crippen molar-refractivity contribution in [1.29, 1.82) is 0 Å². The van der Waals surface area contributed by atoms with Gasteiger partial charge in [-0.15, -0.1) is 0 Å². The van der Waals surface area contributed by atoms with Crippen LogP contribution in [0, 0.1) is 5.41 Å². The average molecular weight is 533 g/mol. The summed E-state index contributed by atoms with van der Waals surface area (Å²) in [6, 6.07) is 21.8. The van der Waals surface area contributed by atoms with Crippen molar-refractivity contribution in [2.75, 3.05) is 16.3 Å². The van der Waals surface area contributed by atoms with Gasteiger partial charge >= 0.3 is 5.97 Å². The van der Waals surface area contributed by atoms with Gasteiger partial charge in [0.15, 0.2) is 0 Å². The molecule has 3 aromatic carbocycles. The first-order valence-corrected chi connectivity index (χ1v) is 13.2. The summed E-state index contributed by atoms with van der Waals surface area (Å²) in [5.41, 5.74) is 2.83. The molecule has 1 heterocycles. The van der Waals surface area contributed by atoms with Gasteiger partial charge in [0, 0.05) is 34.5 Å². The van der Waals surface area contributed by atoms with E-state index in [1.54, 1.807) is 47.9 Å². The van der Waals surface area contributed by atoms with Crippen LogP contribution in [0.5, 0.6) is 0 Å². The minimum absolute atomic E-state index is 0.00776. The van der Waals surface area contributed by atoms with Gasteiger partial charge in [0.25, 0.3) is 5.91 Å². The molecule has 38 heavy (non-hydrogen) atoms. The van der Waals surface area contributed by atoms with Gasteiger partial charge in [-0.05, 0) is 94.1 Å². The fourth-order valence-electron chi connectivity index (χ4n) is 5.12. The number of carboxylic acid groups (broad SMARTS) is 1. The summed E-state index contributed by atoms with van der Waals surface area (Å²) in [4.78, 5) is 42.6. The van der Waals surface area contributed by atoms with Gasteiger partial charge < -0.3 is 14.9 Å². The smallest absolute Gasteiger partial charge is 0.309 e. The van der Waals surface area contributed by atoms with Crippen LogP contribution in [0.1, 0.15) is 61.5 Å². The highest BCUT2D eigenvalue weighted by Gasteiger charge is 2.39. The number of likely N-dealkylation sites (N-methyl/N-ethyl adjacent to an activating group) is 1. The Bertz CT molecular complexity index is 1330. The second kappa shape index (κ2) is 11.0. The minimum atomic E-state index is -0.897. The van der Waals surface area contributed by atoms with E-state index in [9.17, 15) is 19.5 Å². The monoisotopic (exact) mass is 532 g/mol. The van der Waals surface area contributed by atoms with E-state index in [4.69, 9.17) is 11.6 Å². The van der Waals surface area contributed by atoms with Crippen LogP contribution < -0.4 is 9.80 Å². The molecule has 0 bridgehead atoms. The van der Waals surface area contributed by atoms with Crippen LogP contribution in [0.3, 0.4) is 0 Å². The number of carbonyl (C=O) groups is 3. The lowest BCUT2D eigenvalue weighted by atomic mass is 9.84. The van der Waals surface area contributed by atoms with Crippen molar-refractivity contribution in [2.24, 2.45) is 5.41 Å². The number of rotatable bonds is 7. The Labute approximate surface area is 228 Å². The van der Waals surface area contributed by atoms with Crippen LogP contribution in [0.2, 0.25) is 5.02 Å². The van der Waals surface area contributed by atoms with Gasteiger partial charge in [-0.1, -0.05) is 41.9 Å². The maximum absolute atomic E-state index is 13.8. The largest absolute Gasteiger partial charge is 0.481 e. The van der Waals surface area contributed by atoms with Gasteiger partial charge in [0.05, 0.1) is 11.3 Å². The van der Waals surface area contributed by atoms with Crippen LogP contribution in [0.4, 0.5) is 11.4 Å². The summed E-state index contributed by atoms with van der Waals surface area (Å²) >= 11 is 6.05. The Morgan fingerprint density at radius 2 is 1.63 bits per heavy atom. The zero-order chi connectivity index (χ0) is 27.6. The molecule has 0 saturated heterocycles. The fraction of sp³-hybridized carbons (Fsp3) is 0.323. The Morgan fingerprint density at radius 3 is 2.24 bits per heavy atom. The molecule has 0 aliphatic carbocycles. The minimum Gasteiger partial charge on any atom is -0.481 e. The van der Waals surface area contributed by atoms with Gasteiger partial charge in [0.1, 0.15) is 0 Å². The van der Waals surface area contributed by atoms with E-state index in [1.807, 2.05) is 62.4 Å². The molecule has 2 atom stereocenters. The van der Waals surface area contributed by atoms with Crippen LogP contribution in [0.25, 0.3) is 0 Å². The molecular weight excluding hydrogens is 500 g/mol. The van der Waals surface area contributed by atoms with E-state index in [1.165, 1.54) is 0 Å². The number of halogens is 1. The summed E-state index contributed by atoms with van der Waals surface area (Å²) in [6.45, 7) is 7.80. The predicted molar refractivity (Wildman–Crippen MR) is 151 cm³/mol. The predicted octanol–water partition coefficient (Wildman–Crippen LogP) is 6.57. The number of benzene rings is 3. The Balaban J connectivity index is 1.62. The third-order valence-corrected chi connectivity index (χ3v) is 7.50. The number of hydrogen-bond donors (Lipinski definition) is 1. The lowest BCUT2D eigenvalue weighted by molar-refractivity contribution is -0.146. The average Bonchev–Trinajstić information content (AvgIpc) is 2.89. The van der Waals surface area contributed by atoms with Crippen LogP contribution in [-0.2, 0) is 16.0 Å². The second-order valence-corrected chi connectivity index (χ2v) is 10.9. The molecule has 0 spiro atoms. The zero-order valence-corrected chi connectivity index (χ0v) is 22.9. The van der Waals surface area contributed by atoms with Gasteiger partial charge in [-0.2, -0.15) is 0 Å². The van der Waals surface area contributed by atoms with Crippen molar-refractivity contribution < 1.29 is 19.5 Å². The lowest BCUT2D eigenvalue weighted by Crippen LogP contribution is -2.46. The number of para-hydroxylation sites is 1. The maximum Gasteiger partial charge on any atom is 0.309 e. The molecule has 1 aliphatic heterocycles. The van der Waals surface area contributed by atoms with E-state index in [-0.39, 0.29) is 23.8 Å². The van der Waals surface area contributed by atoms with Crippen molar-refractivity contribution in [3.8, 4) is 0 Å². The number of anilines is 2. The Hall–Kier alpha value is -3.64. The molecule has 0 unspecified atom stereocenters. The molecule has 1 N–H and O–H groups in total. The number of carboxylic acids is 1. The van der Waals surface area contributed by atoms with Crippen molar-refractivity contribution >= 4 is 40.8 Å². The van der Waals surface area contributed by atoms with Gasteiger partial charge in [-0.25, -0.2) is 0 Å². The SMILES string of the molecule is CCN(C(=O)[C@H]1C[C@H](C)N(C(=O)c2ccc(CC(C)(C)C(=O)O)cc2)c2ccccc21)c1ccc(Cl)cc1. The number of aliphatic carboxylic acids is 1. The van der Waals surface area contributed by atoms with Crippen LogP contribution in [0.15, 0.2) is 72.8 Å². The third-order valence-electron chi connectivity index (χ3n) is 7.25. The molecule has 2 amide bonds. The molecule has 0 saturated carbocycles. The molecular formula is C31H33ClN2O4. The number of hydrogen-bond acceptors (Lipinski definition) is 3. The normalized spacial score (nSPS) is 17.0. The highest BCUT2D eigenvalue weighted by Crippen LogP contribution is 2.41. The maximum atomic E-state index is 13.8. The lowest BCUT2D eigenvalue weighted by Gasteiger charge is -2.40. The number of amides is 2. The van der Waals surface area contributed by atoms with E-state index >= 15 is 0 Å². The molecule has 6 nitrogen and oxygen atoms in total. The molecule has 4 rings (SSSR count). The Morgan fingerprint density at radius 1 is 1.00 bits per heavy atom. The van der Waals surface area contributed by atoms with E-state index in [2.05, 4.69) is 0 Å².